The third-order valence-electron chi connectivity index (χ3n) is 3.96. The number of methoxy groups -OCH3 is 3. The average Bonchev–Trinajstić information content (AvgIpc) is 3.51. The fourth-order valence-corrected chi connectivity index (χ4v) is 4.00. The van der Waals surface area contributed by atoms with Gasteiger partial charge in [0, 0.05) is 29.7 Å². The average molecular weight is 511 g/mol. The van der Waals surface area contributed by atoms with Crippen LogP contribution in [0.4, 0.5) is 0 Å². The van der Waals surface area contributed by atoms with E-state index in [0.29, 0.717) is 18.9 Å². The number of carbonyl (C=O) groups is 2. The van der Waals surface area contributed by atoms with Crippen molar-refractivity contribution in [3.63, 3.8) is 0 Å². The summed E-state index contributed by atoms with van der Waals surface area (Å²) in [5, 5.41) is 9.55. The van der Waals surface area contributed by atoms with Gasteiger partial charge in [-0.15, -0.1) is 22.7 Å². The van der Waals surface area contributed by atoms with Crippen molar-refractivity contribution in [1.29, 1.82) is 0 Å². The molecule has 0 spiro atoms. The monoisotopic (exact) mass is 511 g/mol. The van der Waals surface area contributed by atoms with Gasteiger partial charge in [-0.25, -0.2) is 0 Å². The molecule has 3 rings (SSSR count). The minimum Gasteiger partial charge on any atom is -1.00 e. The molecule has 0 aliphatic carbocycles. The first-order chi connectivity index (χ1) is 14.4. The molecule has 2 aromatic heterocycles. The molecule has 3 radical (unpaired) electrons. The Kier molecular flexibility index (Phi) is 24.0. The second-order valence-corrected chi connectivity index (χ2v) is 8.66. The fraction of sp³-hybridized carbons (Fsp3) is 0.524. The normalized spacial score (nSPS) is 13.3. The molecule has 1 aliphatic rings. The molecule has 8 nitrogen and oxygen atoms in total. The molecular formula is C21H33BNaO8S2. The van der Waals surface area contributed by atoms with Gasteiger partial charge in [0.2, 0.25) is 0 Å². The van der Waals surface area contributed by atoms with Crippen molar-refractivity contribution in [3.8, 4) is 5.06 Å². The van der Waals surface area contributed by atoms with Crippen LogP contribution < -0.4 is 34.3 Å². The molecule has 33 heavy (non-hydrogen) atoms. The number of hydrogen-bond acceptors (Lipinski definition) is 9. The minimum atomic E-state index is -0.249. The molecule has 0 bridgehead atoms. The van der Waals surface area contributed by atoms with Crippen LogP contribution in [-0.2, 0) is 43.2 Å². The van der Waals surface area contributed by atoms with Gasteiger partial charge >= 0.3 is 41.5 Å². The van der Waals surface area contributed by atoms with Crippen LogP contribution in [-0.4, -0.2) is 65.0 Å². The van der Waals surface area contributed by atoms with Crippen LogP contribution in [0.3, 0.4) is 0 Å². The number of aliphatic hydroxyl groups excluding tert-OH is 1. The minimum absolute atomic E-state index is 0. The smallest absolute Gasteiger partial charge is 1.00 e. The summed E-state index contributed by atoms with van der Waals surface area (Å²) < 4.78 is 19.2. The van der Waals surface area contributed by atoms with Crippen molar-refractivity contribution in [1.82, 2.24) is 0 Å². The van der Waals surface area contributed by atoms with Gasteiger partial charge in [0.25, 0.3) is 0 Å². The van der Waals surface area contributed by atoms with E-state index in [1.165, 1.54) is 49.7 Å². The topological polar surface area (TPSA) is 123 Å². The molecule has 3 heterocycles. The third kappa shape index (κ3) is 16.4. The first-order valence-corrected chi connectivity index (χ1v) is 11.1. The molecule has 1 aliphatic heterocycles. The van der Waals surface area contributed by atoms with Crippen molar-refractivity contribution in [2.45, 2.75) is 45.3 Å². The van der Waals surface area contributed by atoms with Gasteiger partial charge in [-0.1, -0.05) is 0 Å². The fourth-order valence-electron chi connectivity index (χ4n) is 2.33. The van der Waals surface area contributed by atoms with Crippen molar-refractivity contribution >= 4 is 43.0 Å². The Balaban J connectivity index is -0.000000196. The maximum atomic E-state index is 10.8. The summed E-state index contributed by atoms with van der Waals surface area (Å²) >= 11 is 2.88. The van der Waals surface area contributed by atoms with Crippen LogP contribution in [0.2, 0.25) is 0 Å². The zero-order chi connectivity index (χ0) is 22.4. The predicted octanol–water partition coefficient (Wildman–Crippen LogP) is -0.476. The van der Waals surface area contributed by atoms with Gasteiger partial charge in [-0.3, -0.25) is 9.59 Å². The summed E-state index contributed by atoms with van der Waals surface area (Å²) in [4.78, 5) is 24.4. The quantitative estimate of drug-likeness (QED) is 0.411. The van der Waals surface area contributed by atoms with Gasteiger partial charge in [0.05, 0.1) is 46.9 Å². The summed E-state index contributed by atoms with van der Waals surface area (Å²) in [5.41, 5.74) is 0. The second kappa shape index (κ2) is 21.6. The molecule has 12 heteroatoms. The Morgan fingerprint density at radius 3 is 1.88 bits per heavy atom. The number of rotatable bonds is 6. The van der Waals surface area contributed by atoms with Crippen LogP contribution >= 0.6 is 22.7 Å². The summed E-state index contributed by atoms with van der Waals surface area (Å²) in [5.74, 6) is -0.471. The van der Waals surface area contributed by atoms with E-state index in [-0.39, 0.29) is 63.4 Å². The van der Waals surface area contributed by atoms with E-state index in [4.69, 9.17) is 14.6 Å². The number of aliphatic hydroxyl groups is 1. The molecular weight excluding hydrogens is 478 g/mol. The van der Waals surface area contributed by atoms with Crippen LogP contribution in [0, 0.1) is 0 Å². The molecule has 0 amide bonds. The zero-order valence-corrected chi connectivity index (χ0v) is 23.6. The molecule has 1 unspecified atom stereocenters. The molecule has 1 atom stereocenters. The Morgan fingerprint density at radius 2 is 1.55 bits per heavy atom. The molecule has 181 valence electrons. The third-order valence-corrected chi connectivity index (χ3v) is 6.08. The van der Waals surface area contributed by atoms with E-state index < -0.39 is 0 Å². The van der Waals surface area contributed by atoms with E-state index in [0.717, 1.165) is 26.3 Å². The molecule has 1 saturated heterocycles. The number of carbonyl (C=O) groups excluding carboxylic acids is 2. The van der Waals surface area contributed by atoms with E-state index in [9.17, 15) is 9.59 Å². The predicted molar refractivity (Wildman–Crippen MR) is 128 cm³/mol. The Morgan fingerprint density at radius 1 is 1.03 bits per heavy atom. The summed E-state index contributed by atoms with van der Waals surface area (Å²) in [6.45, 7) is 3.14. The molecule has 0 aromatic carbocycles. The van der Waals surface area contributed by atoms with Crippen LogP contribution in [0.1, 0.15) is 35.8 Å². The van der Waals surface area contributed by atoms with Crippen LogP contribution in [0.15, 0.2) is 24.3 Å². The van der Waals surface area contributed by atoms with Gasteiger partial charge in [-0.2, -0.15) is 0 Å². The first-order valence-electron chi connectivity index (χ1n) is 9.48. The SMILES string of the molecule is CC1CCCO1.COC(=O)Cc1ccc(CO)s1.COC(=O)Cc1ccc(OC)s1.O.[B].[H-].[Na+]. The van der Waals surface area contributed by atoms with E-state index in [1.807, 2.05) is 24.3 Å². The molecule has 3 N–H and O–H groups in total. The largest absolute Gasteiger partial charge is 1.00 e. The van der Waals surface area contributed by atoms with E-state index in [1.54, 1.807) is 7.11 Å². The number of ether oxygens (including phenoxy) is 4. The zero-order valence-electron chi connectivity index (χ0n) is 20.9. The van der Waals surface area contributed by atoms with Gasteiger partial charge in [-0.05, 0) is 44.0 Å². The summed E-state index contributed by atoms with van der Waals surface area (Å²) in [7, 11) is 4.35. The summed E-state index contributed by atoms with van der Waals surface area (Å²) in [6, 6.07) is 7.33. The molecule has 0 saturated carbocycles. The number of esters is 2. The number of thiophene rings is 2. The summed E-state index contributed by atoms with van der Waals surface area (Å²) in [6.07, 6.45) is 3.69. The van der Waals surface area contributed by atoms with Gasteiger partial charge < -0.3 is 31.0 Å². The van der Waals surface area contributed by atoms with Crippen LogP contribution in [0.25, 0.3) is 0 Å². The van der Waals surface area contributed by atoms with Crippen LogP contribution in [0.5, 0.6) is 5.06 Å². The number of hydrogen-bond donors (Lipinski definition) is 1. The Hall–Kier alpha value is -0.915. The second-order valence-electron chi connectivity index (χ2n) is 6.28. The molecule has 2 aromatic rings. The van der Waals surface area contributed by atoms with Crippen molar-refractivity contribution in [2.75, 3.05) is 27.9 Å². The van der Waals surface area contributed by atoms with Gasteiger partial charge in [0.1, 0.15) is 0 Å². The van der Waals surface area contributed by atoms with Gasteiger partial charge in [0.15, 0.2) is 5.06 Å². The Bertz CT molecular complexity index is 713. The van der Waals surface area contributed by atoms with Crippen molar-refractivity contribution in [3.05, 3.63) is 38.9 Å². The maximum Gasteiger partial charge on any atom is 1.00 e. The standard InChI is InChI=1S/2C8H10O3S.C5H10O.B.Na.H2O.H/c1-10-7(9)5-6-3-4-8(11-2)12-6;1-11-8(10)4-6-2-3-7(5-9)12-6;1-5-3-2-4-6-5;;;;/h3-4H,5H2,1-2H3;2-3,9H,4-5H2,1H3;5H,2-4H2,1H3;;;1H2;/q;;;;+1;;-1. The maximum absolute atomic E-state index is 10.8. The Labute approximate surface area is 229 Å². The van der Waals surface area contributed by atoms with E-state index >= 15 is 0 Å². The van der Waals surface area contributed by atoms with Crippen molar-refractivity contribution in [2.24, 2.45) is 0 Å². The van der Waals surface area contributed by atoms with Crippen molar-refractivity contribution < 1.29 is 70.1 Å². The van der Waals surface area contributed by atoms with E-state index in [2.05, 4.69) is 16.4 Å². The first kappa shape index (κ1) is 36.6. The molecule has 1 fully saturated rings.